The Balaban J connectivity index is 2.19. The van der Waals surface area contributed by atoms with Crippen LogP contribution < -0.4 is 4.43 Å². The zero-order valence-corrected chi connectivity index (χ0v) is 18.9. The van der Waals surface area contributed by atoms with Crippen LogP contribution in [0, 0.1) is 0 Å². The maximum atomic E-state index is 9.27. The van der Waals surface area contributed by atoms with Crippen LogP contribution in [0.3, 0.4) is 0 Å². The van der Waals surface area contributed by atoms with Crippen LogP contribution in [0.25, 0.3) is 4.47 Å². The van der Waals surface area contributed by atoms with Gasteiger partial charge < -0.3 is 0 Å². The van der Waals surface area contributed by atoms with Crippen LogP contribution in [0.15, 0.2) is 40.9 Å². The molecule has 0 saturated heterocycles. The Labute approximate surface area is 154 Å². The van der Waals surface area contributed by atoms with Crippen molar-refractivity contribution in [2.75, 3.05) is 6.61 Å². The van der Waals surface area contributed by atoms with E-state index in [2.05, 4.69) is 78.0 Å². The molecule has 0 spiro atoms. The quantitative estimate of drug-likeness (QED) is 0.663. The van der Waals surface area contributed by atoms with Crippen LogP contribution >= 0.6 is 0 Å². The first-order valence-corrected chi connectivity index (χ1v) is 13.1. The molecule has 0 bridgehead atoms. The molecular formula is C20H32O2SeSi. The van der Waals surface area contributed by atoms with Crippen LogP contribution in [0.1, 0.15) is 47.1 Å². The second-order valence-corrected chi connectivity index (χ2v) is 15.9. The normalized spacial score (nSPS) is 16.9. The summed E-state index contributed by atoms with van der Waals surface area (Å²) in [6.07, 6.45) is 4.24. The third kappa shape index (κ3) is 3.88. The Morgan fingerprint density at radius 2 is 1.46 bits per heavy atom. The molecule has 0 radical (unpaired) electrons. The predicted molar refractivity (Wildman–Crippen MR) is 110 cm³/mol. The van der Waals surface area contributed by atoms with Gasteiger partial charge in [0.1, 0.15) is 0 Å². The molecule has 2 nitrogen and oxygen atoms in total. The van der Waals surface area contributed by atoms with Gasteiger partial charge in [-0.15, -0.1) is 0 Å². The standard InChI is InChI=1S/C20H32O2SeSi/c1-14(2)24(15(3)4,16(5)6)22-18-9-7-17(8-10-18)20-12-11-19(13-21)23-20/h7-12,14-16,21H,13,23H2,1-6H3. The monoisotopic (exact) mass is 412 g/mol. The fraction of sp³-hybridized carbons (Fsp3) is 0.500. The van der Waals surface area contributed by atoms with Gasteiger partial charge in [-0.2, -0.15) is 0 Å². The molecule has 1 N–H and O–H groups in total. The number of benzene rings is 1. The van der Waals surface area contributed by atoms with E-state index in [-0.39, 0.29) is 21.6 Å². The molecule has 1 heterocycles. The number of allylic oxidation sites excluding steroid dienone is 2. The molecular weight excluding hydrogens is 379 g/mol. The van der Waals surface area contributed by atoms with E-state index in [9.17, 15) is 5.11 Å². The fourth-order valence-corrected chi connectivity index (χ4v) is 11.5. The number of hydrogen-bond acceptors (Lipinski definition) is 2. The molecule has 1 aliphatic heterocycles. The number of aliphatic hydroxyl groups is 1. The first-order chi connectivity index (χ1) is 11.3. The molecule has 0 atom stereocenters. The molecule has 0 aliphatic carbocycles. The van der Waals surface area contributed by atoms with Gasteiger partial charge in [0.05, 0.1) is 0 Å². The summed E-state index contributed by atoms with van der Waals surface area (Å²) >= 11 is -0.340. The van der Waals surface area contributed by atoms with Gasteiger partial charge in [-0.05, 0) is 0 Å². The zero-order chi connectivity index (χ0) is 17.9. The van der Waals surface area contributed by atoms with Gasteiger partial charge in [0, 0.05) is 0 Å². The van der Waals surface area contributed by atoms with Gasteiger partial charge >= 0.3 is 154 Å². The maximum absolute atomic E-state index is 9.27. The van der Waals surface area contributed by atoms with Crippen molar-refractivity contribution in [3.8, 4) is 5.75 Å². The van der Waals surface area contributed by atoms with E-state index >= 15 is 0 Å². The Kier molecular flexibility index (Phi) is 6.55. The van der Waals surface area contributed by atoms with Crippen molar-refractivity contribution in [2.24, 2.45) is 0 Å². The molecule has 1 aromatic carbocycles. The van der Waals surface area contributed by atoms with Crippen molar-refractivity contribution in [2.45, 2.75) is 58.2 Å². The third-order valence-corrected chi connectivity index (χ3v) is 14.0. The molecule has 2 rings (SSSR count). The number of hydrogen-bond donors (Lipinski definition) is 1. The summed E-state index contributed by atoms with van der Waals surface area (Å²) in [6, 6.07) is 8.63. The SMILES string of the molecule is CC(C)[Si](Oc1ccc(C2=CC=C(CO)[SeH2]2)cc1)(C(C)C)C(C)C. The molecule has 0 aromatic heterocycles. The average molecular weight is 412 g/mol. The molecule has 0 amide bonds. The summed E-state index contributed by atoms with van der Waals surface area (Å²) in [5.74, 6) is 1.01. The number of rotatable bonds is 7. The Bertz CT molecular complexity index is 593. The Hall–Kier alpha value is -0.804. The van der Waals surface area contributed by atoms with Crippen molar-refractivity contribution >= 4 is 27.7 Å². The van der Waals surface area contributed by atoms with Crippen molar-refractivity contribution < 1.29 is 9.53 Å². The molecule has 0 fully saturated rings. The predicted octanol–water partition coefficient (Wildman–Crippen LogP) is 4.64. The van der Waals surface area contributed by atoms with E-state index in [4.69, 9.17) is 4.43 Å². The average Bonchev–Trinajstić information content (AvgIpc) is 3.01. The van der Waals surface area contributed by atoms with E-state index < -0.39 is 8.32 Å². The van der Waals surface area contributed by atoms with Crippen molar-refractivity contribution in [3.63, 3.8) is 0 Å². The summed E-state index contributed by atoms with van der Waals surface area (Å²) in [5, 5.41) is 9.27. The summed E-state index contributed by atoms with van der Waals surface area (Å²) in [5.41, 5.74) is 3.01. The van der Waals surface area contributed by atoms with Gasteiger partial charge in [-0.1, -0.05) is 0 Å². The Morgan fingerprint density at radius 1 is 0.917 bits per heavy atom. The van der Waals surface area contributed by atoms with Gasteiger partial charge in [0.2, 0.25) is 0 Å². The van der Waals surface area contributed by atoms with Crippen LogP contribution in [0.4, 0.5) is 0 Å². The van der Waals surface area contributed by atoms with Gasteiger partial charge in [-0.3, -0.25) is 0 Å². The molecule has 1 aromatic rings. The molecule has 4 heteroatoms. The topological polar surface area (TPSA) is 29.5 Å². The zero-order valence-electron chi connectivity index (χ0n) is 15.8. The summed E-state index contributed by atoms with van der Waals surface area (Å²) in [6.45, 7) is 14.1. The van der Waals surface area contributed by atoms with Crippen molar-refractivity contribution in [1.29, 1.82) is 0 Å². The van der Waals surface area contributed by atoms with E-state index in [1.54, 1.807) is 0 Å². The second-order valence-electron chi connectivity index (χ2n) is 7.50. The van der Waals surface area contributed by atoms with Crippen LogP contribution in [-0.4, -0.2) is 35.0 Å². The Morgan fingerprint density at radius 3 is 1.88 bits per heavy atom. The van der Waals surface area contributed by atoms with E-state index in [0.717, 1.165) is 5.75 Å². The molecule has 0 unspecified atom stereocenters. The molecule has 134 valence electrons. The second kappa shape index (κ2) is 8.05. The third-order valence-electron chi connectivity index (χ3n) is 5.08. The molecule has 24 heavy (non-hydrogen) atoms. The van der Waals surface area contributed by atoms with Crippen LogP contribution in [0.2, 0.25) is 16.6 Å². The van der Waals surface area contributed by atoms with Crippen LogP contribution in [-0.2, 0) is 0 Å². The van der Waals surface area contributed by atoms with E-state index in [1.807, 2.05) is 0 Å². The summed E-state index contributed by atoms with van der Waals surface area (Å²) < 4.78 is 9.32. The minimum absolute atomic E-state index is 0.201. The van der Waals surface area contributed by atoms with Crippen molar-refractivity contribution in [3.05, 3.63) is 46.5 Å². The van der Waals surface area contributed by atoms with E-state index in [0.29, 0.717) is 16.6 Å². The van der Waals surface area contributed by atoms with E-state index in [1.165, 1.54) is 14.5 Å². The molecule has 0 saturated carbocycles. The first kappa shape index (κ1) is 19.5. The molecule has 1 aliphatic rings. The summed E-state index contributed by atoms with van der Waals surface area (Å²) in [7, 11) is -1.88. The summed E-state index contributed by atoms with van der Waals surface area (Å²) in [4.78, 5) is 0. The first-order valence-electron chi connectivity index (χ1n) is 8.89. The van der Waals surface area contributed by atoms with Gasteiger partial charge in [0.25, 0.3) is 0 Å². The fourth-order valence-electron chi connectivity index (χ4n) is 3.96. The van der Waals surface area contributed by atoms with Crippen molar-refractivity contribution in [1.82, 2.24) is 0 Å². The van der Waals surface area contributed by atoms with Crippen LogP contribution in [0.5, 0.6) is 5.75 Å². The number of aliphatic hydroxyl groups excluding tert-OH is 1. The van der Waals surface area contributed by atoms with Gasteiger partial charge in [-0.25, -0.2) is 0 Å². The van der Waals surface area contributed by atoms with Gasteiger partial charge in [0.15, 0.2) is 0 Å². The minimum atomic E-state index is -1.88.